The molecule has 1 aliphatic rings. The Kier molecular flexibility index (Phi) is 7.74. The highest BCUT2D eigenvalue weighted by molar-refractivity contribution is 6.24. The standard InChI is InChI=1S/C57H39N5/c1-3-18-38(19-4-1)55-58-56(39-20-5-2-6-21-39)60-57(59-55)46-32-33-51(43-26-12-11-25-42(43)46)61-50-28-14-13-27-44(50)47-34-48-45-31-30-37-17-8-10-24-41(37)54(45)62(53(48)35-52(47)61)49-29-15-22-36-16-7-9-23-40(36)49/h1-35,55,57,59H,(H,58,60). The van der Waals surface area contributed by atoms with Crippen molar-refractivity contribution < 1.29 is 0 Å². The highest BCUT2D eigenvalue weighted by atomic mass is 15.3. The molecule has 0 saturated carbocycles. The van der Waals surface area contributed by atoms with Gasteiger partial charge in [-0.25, -0.2) is 4.99 Å². The van der Waals surface area contributed by atoms with Crippen molar-refractivity contribution >= 4 is 81.8 Å². The lowest BCUT2D eigenvalue weighted by molar-refractivity contribution is 0.411. The predicted octanol–water partition coefficient (Wildman–Crippen LogP) is 13.7. The van der Waals surface area contributed by atoms with Gasteiger partial charge in [-0.1, -0.05) is 182 Å². The second kappa shape index (κ2) is 13.8. The first-order valence-electron chi connectivity index (χ1n) is 21.4. The van der Waals surface area contributed by atoms with Crippen LogP contribution in [0.5, 0.6) is 0 Å². The van der Waals surface area contributed by atoms with Crippen LogP contribution in [-0.4, -0.2) is 15.0 Å². The fourth-order valence-electron chi connectivity index (χ4n) is 10.2. The maximum absolute atomic E-state index is 5.20. The average Bonchev–Trinajstić information content (AvgIpc) is 3.85. The van der Waals surface area contributed by atoms with Crippen molar-refractivity contribution in [3.05, 3.63) is 229 Å². The van der Waals surface area contributed by atoms with Crippen molar-refractivity contribution in [1.82, 2.24) is 19.8 Å². The molecule has 0 saturated heterocycles. The van der Waals surface area contributed by atoms with Gasteiger partial charge in [0.1, 0.15) is 18.2 Å². The quantitative estimate of drug-likeness (QED) is 0.182. The summed E-state index contributed by atoms with van der Waals surface area (Å²) in [5.74, 6) is 0.872. The van der Waals surface area contributed by atoms with E-state index in [1.165, 1.54) is 87.2 Å². The van der Waals surface area contributed by atoms with Crippen LogP contribution >= 0.6 is 0 Å². The Morgan fingerprint density at radius 3 is 1.82 bits per heavy atom. The molecule has 0 amide bonds. The zero-order chi connectivity index (χ0) is 40.7. The SMILES string of the molecule is c1ccc(C2=NC(c3ccccc3)NC(c3ccc(-n4c5ccccc5c5cc6c7ccc8ccccc8c7n(-c7cccc8ccccc78)c6cc54)c4ccccc34)N2)cc1. The normalized spacial score (nSPS) is 15.6. The van der Waals surface area contributed by atoms with Crippen LogP contribution in [0.3, 0.4) is 0 Å². The van der Waals surface area contributed by atoms with E-state index in [1.807, 2.05) is 0 Å². The monoisotopic (exact) mass is 793 g/mol. The third kappa shape index (κ3) is 5.29. The minimum atomic E-state index is -0.221. The zero-order valence-corrected chi connectivity index (χ0v) is 33.7. The van der Waals surface area contributed by atoms with Crippen LogP contribution in [0.2, 0.25) is 0 Å². The third-order valence-electron chi connectivity index (χ3n) is 13.0. The van der Waals surface area contributed by atoms with E-state index in [9.17, 15) is 0 Å². The number of aliphatic imine (C=N–C) groups is 1. The van der Waals surface area contributed by atoms with Crippen LogP contribution in [0.15, 0.2) is 217 Å². The molecule has 0 spiro atoms. The van der Waals surface area contributed by atoms with Crippen molar-refractivity contribution in [2.24, 2.45) is 4.99 Å². The Labute approximate surface area is 357 Å². The Balaban J connectivity index is 1.06. The highest BCUT2D eigenvalue weighted by Gasteiger charge is 2.28. The minimum Gasteiger partial charge on any atom is -0.350 e. The summed E-state index contributed by atoms with van der Waals surface area (Å²) in [6, 6.07) is 77.0. The van der Waals surface area contributed by atoms with E-state index < -0.39 is 0 Å². The molecule has 1 aliphatic heterocycles. The summed E-state index contributed by atoms with van der Waals surface area (Å²) in [4.78, 5) is 5.20. The van der Waals surface area contributed by atoms with Crippen LogP contribution < -0.4 is 10.6 Å². The molecule has 62 heavy (non-hydrogen) atoms. The first-order chi connectivity index (χ1) is 30.8. The van der Waals surface area contributed by atoms with Gasteiger partial charge >= 0.3 is 0 Å². The summed E-state index contributed by atoms with van der Waals surface area (Å²) in [5, 5.41) is 19.9. The predicted molar refractivity (Wildman–Crippen MR) is 259 cm³/mol. The second-order valence-electron chi connectivity index (χ2n) is 16.4. The Bertz CT molecular complexity index is 3760. The summed E-state index contributed by atoms with van der Waals surface area (Å²) < 4.78 is 5.01. The Morgan fingerprint density at radius 2 is 1.00 bits per heavy atom. The molecule has 0 radical (unpaired) electrons. The molecule has 2 aromatic heterocycles. The molecule has 10 aromatic carbocycles. The van der Waals surface area contributed by atoms with Crippen molar-refractivity contribution in [3.63, 3.8) is 0 Å². The van der Waals surface area contributed by atoms with Gasteiger partial charge in [-0.05, 0) is 57.6 Å². The number of hydrogen-bond acceptors (Lipinski definition) is 3. The van der Waals surface area contributed by atoms with E-state index in [1.54, 1.807) is 0 Å². The summed E-state index contributed by atoms with van der Waals surface area (Å²) in [6.45, 7) is 0. The summed E-state index contributed by atoms with van der Waals surface area (Å²) in [6.07, 6.45) is -0.419. The van der Waals surface area contributed by atoms with E-state index in [4.69, 9.17) is 4.99 Å². The van der Waals surface area contributed by atoms with Gasteiger partial charge in [0.2, 0.25) is 0 Å². The molecule has 2 N–H and O–H groups in total. The third-order valence-corrected chi connectivity index (χ3v) is 13.0. The van der Waals surface area contributed by atoms with E-state index in [0.29, 0.717) is 0 Å². The largest absolute Gasteiger partial charge is 0.350 e. The van der Waals surface area contributed by atoms with Gasteiger partial charge in [0.25, 0.3) is 0 Å². The van der Waals surface area contributed by atoms with Crippen molar-refractivity contribution in [2.45, 2.75) is 12.3 Å². The fraction of sp³-hybridized carbons (Fsp3) is 0.0351. The molecule has 2 unspecified atom stereocenters. The van der Waals surface area contributed by atoms with Gasteiger partial charge in [0.05, 0.1) is 33.4 Å². The molecule has 2 atom stereocenters. The number of hydrogen-bond donors (Lipinski definition) is 2. The molecule has 12 aromatic rings. The van der Waals surface area contributed by atoms with Crippen molar-refractivity contribution in [2.75, 3.05) is 0 Å². The topological polar surface area (TPSA) is 46.3 Å². The fourth-order valence-corrected chi connectivity index (χ4v) is 10.2. The Morgan fingerprint density at radius 1 is 0.387 bits per heavy atom. The molecule has 5 heteroatoms. The van der Waals surface area contributed by atoms with Gasteiger partial charge in [-0.15, -0.1) is 0 Å². The molecule has 5 nitrogen and oxygen atoms in total. The molecular weight excluding hydrogens is 755 g/mol. The molecule has 0 fully saturated rings. The van der Waals surface area contributed by atoms with Gasteiger partial charge in [-0.3, -0.25) is 5.32 Å². The van der Waals surface area contributed by atoms with E-state index in [2.05, 4.69) is 232 Å². The molecular formula is C57H39N5. The lowest BCUT2D eigenvalue weighted by atomic mass is 9.99. The van der Waals surface area contributed by atoms with Crippen molar-refractivity contribution in [1.29, 1.82) is 0 Å². The number of fused-ring (bicyclic) bond motifs is 10. The number of nitrogens with one attached hydrogen (secondary N) is 2. The number of para-hydroxylation sites is 1. The smallest absolute Gasteiger partial charge is 0.131 e. The van der Waals surface area contributed by atoms with Crippen molar-refractivity contribution in [3.8, 4) is 11.4 Å². The van der Waals surface area contributed by atoms with Crippen LogP contribution in [0, 0.1) is 0 Å². The van der Waals surface area contributed by atoms with E-state index in [-0.39, 0.29) is 12.3 Å². The van der Waals surface area contributed by atoms with E-state index in [0.717, 1.165) is 22.6 Å². The first kappa shape index (κ1) is 34.8. The van der Waals surface area contributed by atoms with Crippen LogP contribution in [0.1, 0.15) is 29.0 Å². The second-order valence-corrected chi connectivity index (χ2v) is 16.4. The number of nitrogens with zero attached hydrogens (tertiary/aromatic N) is 3. The summed E-state index contributed by atoms with van der Waals surface area (Å²) in [7, 11) is 0. The number of amidine groups is 1. The molecule has 0 bridgehead atoms. The molecule has 0 aliphatic carbocycles. The van der Waals surface area contributed by atoms with Gasteiger partial charge in [-0.2, -0.15) is 0 Å². The minimum absolute atomic E-state index is 0.198. The lowest BCUT2D eigenvalue weighted by Crippen LogP contribution is -2.45. The maximum atomic E-state index is 5.20. The van der Waals surface area contributed by atoms with Gasteiger partial charge in [0, 0.05) is 43.3 Å². The molecule has 13 rings (SSSR count). The zero-order valence-electron chi connectivity index (χ0n) is 33.7. The summed E-state index contributed by atoms with van der Waals surface area (Å²) >= 11 is 0. The molecule has 292 valence electrons. The average molecular weight is 794 g/mol. The molecule has 3 heterocycles. The van der Waals surface area contributed by atoms with Gasteiger partial charge in [0.15, 0.2) is 0 Å². The lowest BCUT2D eigenvalue weighted by Gasteiger charge is -2.33. The number of rotatable bonds is 5. The highest BCUT2D eigenvalue weighted by Crippen LogP contribution is 2.44. The van der Waals surface area contributed by atoms with Crippen LogP contribution in [-0.2, 0) is 0 Å². The number of aromatic nitrogens is 2. The first-order valence-corrected chi connectivity index (χ1v) is 21.4. The Hall–Kier alpha value is -7.99. The van der Waals surface area contributed by atoms with E-state index >= 15 is 0 Å². The maximum Gasteiger partial charge on any atom is 0.131 e. The van der Waals surface area contributed by atoms with Gasteiger partial charge < -0.3 is 14.5 Å². The summed E-state index contributed by atoms with van der Waals surface area (Å²) in [5.41, 5.74) is 10.4. The number of benzene rings is 10. The van der Waals surface area contributed by atoms with Crippen LogP contribution in [0.4, 0.5) is 0 Å². The van der Waals surface area contributed by atoms with Crippen LogP contribution in [0.25, 0.3) is 87.3 Å².